The second-order valence-electron chi connectivity index (χ2n) is 9.28. The van der Waals surface area contributed by atoms with Crippen LogP contribution < -0.4 is 9.47 Å². The van der Waals surface area contributed by atoms with Gasteiger partial charge in [0.2, 0.25) is 0 Å². The van der Waals surface area contributed by atoms with E-state index in [9.17, 15) is 9.90 Å². The lowest BCUT2D eigenvalue weighted by Gasteiger charge is -2.43. The molecule has 0 aliphatic carbocycles. The van der Waals surface area contributed by atoms with Gasteiger partial charge >= 0.3 is 5.97 Å². The Morgan fingerprint density at radius 2 is 1.50 bits per heavy atom. The van der Waals surface area contributed by atoms with E-state index in [1.807, 2.05) is 24.3 Å². The Hall–Kier alpha value is 0.310. The number of aliphatic hydroxyl groups excluding tert-OH is 1. The number of carboxylic acids is 1. The van der Waals surface area contributed by atoms with Gasteiger partial charge < -0.3 is 24.6 Å². The minimum absolute atomic E-state index is 0.00773. The van der Waals surface area contributed by atoms with Crippen molar-refractivity contribution in [1.29, 1.82) is 0 Å². The lowest BCUT2D eigenvalue weighted by atomic mass is 10.0. The van der Waals surface area contributed by atoms with Crippen LogP contribution in [0.2, 0.25) is 0 Å². The maximum atomic E-state index is 11.0. The number of hydrogen-bond donors (Lipinski definition) is 2. The first-order valence-electron chi connectivity index (χ1n) is 11.6. The summed E-state index contributed by atoms with van der Waals surface area (Å²) in [6.07, 6.45) is 0.944. The number of halogens is 4. The van der Waals surface area contributed by atoms with Gasteiger partial charge in [0, 0.05) is 38.3 Å². The van der Waals surface area contributed by atoms with Crippen molar-refractivity contribution in [3.63, 3.8) is 0 Å². The number of piperazine rings is 1. The summed E-state index contributed by atoms with van der Waals surface area (Å²) in [4.78, 5) is 15.9. The van der Waals surface area contributed by atoms with Gasteiger partial charge in [0.05, 0.1) is 33.9 Å². The highest BCUT2D eigenvalue weighted by Gasteiger charge is 2.29. The molecule has 198 valence electrons. The number of carbonyl (C=O) groups is 1. The first-order valence-corrected chi connectivity index (χ1v) is 15.9. The van der Waals surface area contributed by atoms with Gasteiger partial charge in [0.1, 0.15) is 11.5 Å². The highest BCUT2D eigenvalue weighted by Crippen LogP contribution is 2.37. The molecule has 0 amide bonds. The van der Waals surface area contributed by atoms with E-state index in [4.69, 9.17) is 14.6 Å². The maximum Gasteiger partial charge on any atom is 0.307 e. The first kappa shape index (κ1) is 30.8. The van der Waals surface area contributed by atoms with Crippen LogP contribution in [0.3, 0.4) is 0 Å². The average Bonchev–Trinajstić information content (AvgIpc) is 2.80. The van der Waals surface area contributed by atoms with E-state index < -0.39 is 5.97 Å². The van der Waals surface area contributed by atoms with Gasteiger partial charge in [-0.05, 0) is 140 Å². The summed E-state index contributed by atoms with van der Waals surface area (Å²) in [5.74, 6) is 1.48. The Balaban J connectivity index is 1.53. The van der Waals surface area contributed by atoms with Gasteiger partial charge in [-0.3, -0.25) is 9.69 Å². The van der Waals surface area contributed by atoms with Crippen LogP contribution in [0, 0.1) is 14.3 Å². The summed E-state index contributed by atoms with van der Waals surface area (Å²) in [7, 11) is 0. The van der Waals surface area contributed by atoms with E-state index in [1.165, 1.54) is 0 Å². The predicted molar refractivity (Wildman–Crippen MR) is 174 cm³/mol. The molecule has 1 aliphatic heterocycles. The monoisotopic (exact) mass is 946 g/mol. The number of aliphatic hydroxyl groups is 1. The zero-order valence-electron chi connectivity index (χ0n) is 20.2. The van der Waals surface area contributed by atoms with Crippen molar-refractivity contribution in [2.75, 3.05) is 45.9 Å². The molecule has 0 saturated carbocycles. The molecule has 0 atom stereocenters. The Morgan fingerprint density at radius 1 is 0.944 bits per heavy atom. The van der Waals surface area contributed by atoms with E-state index in [0.717, 1.165) is 76.2 Å². The van der Waals surface area contributed by atoms with Crippen LogP contribution >= 0.6 is 90.4 Å². The Labute approximate surface area is 267 Å². The van der Waals surface area contributed by atoms with Gasteiger partial charge in [-0.25, -0.2) is 0 Å². The third kappa shape index (κ3) is 8.66. The number of aliphatic carboxylic acids is 1. The Morgan fingerprint density at radius 3 is 2.03 bits per heavy atom. The number of hydrogen-bond acceptors (Lipinski definition) is 6. The summed E-state index contributed by atoms with van der Waals surface area (Å²) < 4.78 is 16.1. The lowest BCUT2D eigenvalue weighted by molar-refractivity contribution is -0.136. The second kappa shape index (κ2) is 14.1. The molecule has 2 N–H and O–H groups in total. The predicted octanol–water partition coefficient (Wildman–Crippen LogP) is 5.68. The molecule has 1 aliphatic rings. The van der Waals surface area contributed by atoms with Crippen LogP contribution in [0.15, 0.2) is 24.3 Å². The molecule has 11 heteroatoms. The zero-order chi connectivity index (χ0) is 26.5. The number of ether oxygens (including phenoxy) is 2. The fraction of sp³-hybridized carbons (Fsp3) is 0.480. The van der Waals surface area contributed by atoms with Crippen molar-refractivity contribution in [1.82, 2.24) is 9.80 Å². The van der Waals surface area contributed by atoms with E-state index in [0.29, 0.717) is 6.61 Å². The van der Waals surface area contributed by atoms with Crippen LogP contribution in [-0.2, 0) is 11.2 Å². The highest BCUT2D eigenvalue weighted by molar-refractivity contribution is 14.1. The average molecular weight is 946 g/mol. The molecule has 1 heterocycles. The molecule has 1 saturated heterocycles. The molecular weight excluding hydrogens is 916 g/mol. The van der Waals surface area contributed by atoms with E-state index in [-0.39, 0.29) is 18.6 Å². The third-order valence-corrected chi connectivity index (χ3v) is 9.29. The molecule has 3 rings (SSSR count). The van der Waals surface area contributed by atoms with Crippen LogP contribution in [-0.4, -0.2) is 77.5 Å². The van der Waals surface area contributed by atoms with Gasteiger partial charge in [-0.15, -0.1) is 0 Å². The van der Waals surface area contributed by atoms with Crippen LogP contribution in [0.5, 0.6) is 17.2 Å². The summed E-state index contributed by atoms with van der Waals surface area (Å²) in [6, 6.07) is 7.65. The molecule has 0 aromatic heterocycles. The molecule has 0 unspecified atom stereocenters. The molecule has 0 spiro atoms. The summed E-state index contributed by atoms with van der Waals surface area (Å²) in [5.41, 5.74) is 0.603. The van der Waals surface area contributed by atoms with Crippen LogP contribution in [0.1, 0.15) is 25.8 Å². The number of rotatable bonds is 11. The van der Waals surface area contributed by atoms with Gasteiger partial charge in [0.15, 0.2) is 5.75 Å². The number of nitrogens with zero attached hydrogens (tertiary/aromatic N) is 2. The largest absolute Gasteiger partial charge is 0.491 e. The third-order valence-electron chi connectivity index (χ3n) is 6.09. The Kier molecular flexibility index (Phi) is 12.1. The maximum absolute atomic E-state index is 11.0. The summed E-state index contributed by atoms with van der Waals surface area (Å²) in [6.45, 7) is 9.99. The van der Waals surface area contributed by atoms with Crippen molar-refractivity contribution in [3.05, 3.63) is 44.1 Å². The Bertz CT molecular complexity index is 1030. The second-order valence-corrected chi connectivity index (χ2v) is 13.9. The SMILES string of the molecule is CC(C)(CO)N1CCN(CCCOc2c(I)cc(Oc3c(I)cc(CC(=O)O)cc3I)cc2I)CC1. The molecule has 1 fully saturated rings. The fourth-order valence-corrected chi connectivity index (χ4v) is 8.12. The van der Waals surface area contributed by atoms with Gasteiger partial charge in [-0.2, -0.15) is 0 Å². The van der Waals surface area contributed by atoms with Crippen LogP contribution in [0.4, 0.5) is 0 Å². The molecule has 2 aromatic rings. The topological polar surface area (TPSA) is 82.5 Å². The van der Waals surface area contributed by atoms with Crippen molar-refractivity contribution in [3.8, 4) is 17.2 Å². The molecule has 0 radical (unpaired) electrons. The van der Waals surface area contributed by atoms with Crippen LogP contribution in [0.25, 0.3) is 0 Å². The molecule has 2 aromatic carbocycles. The fourth-order valence-electron chi connectivity index (χ4n) is 3.98. The van der Waals surface area contributed by atoms with E-state index in [1.54, 1.807) is 0 Å². The standard InChI is InChI=1S/C25H30I4N2O5/c1-25(2,15-32)31-7-5-30(6-8-31)4-3-9-35-23-20(28)13-17(14-21(23)29)36-24-18(26)10-16(11-19(24)27)12-22(33)34/h10-11,13-14,32H,3-9,12,15H2,1-2H3,(H,33,34). The van der Waals surface area contributed by atoms with E-state index in [2.05, 4.69) is 114 Å². The van der Waals surface area contributed by atoms with Gasteiger partial charge in [-0.1, -0.05) is 0 Å². The highest BCUT2D eigenvalue weighted by atomic mass is 127. The molecule has 36 heavy (non-hydrogen) atoms. The quantitative estimate of drug-likeness (QED) is 0.222. The van der Waals surface area contributed by atoms with Crippen molar-refractivity contribution in [2.24, 2.45) is 0 Å². The van der Waals surface area contributed by atoms with Crippen molar-refractivity contribution < 1.29 is 24.5 Å². The minimum Gasteiger partial charge on any atom is -0.491 e. The lowest BCUT2D eigenvalue weighted by Crippen LogP contribution is -2.56. The minimum atomic E-state index is -0.848. The smallest absolute Gasteiger partial charge is 0.307 e. The molecule has 0 bridgehead atoms. The van der Waals surface area contributed by atoms with E-state index >= 15 is 0 Å². The van der Waals surface area contributed by atoms with Gasteiger partial charge in [0.25, 0.3) is 0 Å². The normalized spacial score (nSPS) is 15.2. The molecule has 7 nitrogen and oxygen atoms in total. The van der Waals surface area contributed by atoms with Crippen molar-refractivity contribution in [2.45, 2.75) is 32.2 Å². The summed E-state index contributed by atoms with van der Waals surface area (Å²) >= 11 is 8.94. The summed E-state index contributed by atoms with van der Waals surface area (Å²) in [5, 5.41) is 18.7. The van der Waals surface area contributed by atoms with Crippen molar-refractivity contribution >= 4 is 96.3 Å². The zero-order valence-corrected chi connectivity index (χ0v) is 28.8. The first-order chi connectivity index (χ1) is 17.0. The number of carboxylic acid groups (broad SMARTS) is 1. The molecular formula is C25H30I4N2O5. The number of benzene rings is 2.